The second kappa shape index (κ2) is 18.2. The second-order valence-corrected chi connectivity index (χ2v) is 6.88. The van der Waals surface area contributed by atoms with Gasteiger partial charge in [-0.15, -0.1) is 0 Å². The summed E-state index contributed by atoms with van der Waals surface area (Å²) in [6.45, 7) is 4.81. The molecule has 0 N–H and O–H groups in total. The maximum Gasteiger partial charge on any atom is 1.00 e. The van der Waals surface area contributed by atoms with E-state index in [2.05, 4.69) is 13.8 Å². The van der Waals surface area contributed by atoms with Crippen LogP contribution in [0, 0.1) is 0 Å². The molecule has 22 heavy (non-hydrogen) atoms. The fourth-order valence-corrected chi connectivity index (χ4v) is 2.83. The minimum atomic E-state index is -3.77. The van der Waals surface area contributed by atoms with Gasteiger partial charge in [0.25, 0.3) is 0 Å². The zero-order valence-corrected chi connectivity index (χ0v) is 17.8. The van der Waals surface area contributed by atoms with Crippen molar-refractivity contribution in [2.75, 3.05) is 13.2 Å². The van der Waals surface area contributed by atoms with E-state index in [4.69, 9.17) is 8.37 Å². The minimum absolute atomic E-state index is 0. The maximum absolute atomic E-state index is 11.4. The average molecular weight is 347 g/mol. The molecule has 0 saturated heterocycles. The molecule has 130 valence electrons. The fraction of sp³-hybridized carbons (Fsp3) is 1.00. The van der Waals surface area contributed by atoms with Crippen LogP contribution in [0.4, 0.5) is 0 Å². The Balaban J connectivity index is -0.00000200. The van der Waals surface area contributed by atoms with Gasteiger partial charge in [0.15, 0.2) is 0 Å². The van der Waals surface area contributed by atoms with Crippen LogP contribution < -0.4 is 29.6 Å². The number of unbranched alkanes of at least 4 members (excludes halogenated alkanes) is 10. The monoisotopic (exact) mass is 346 g/mol. The van der Waals surface area contributed by atoms with Crippen molar-refractivity contribution < 1.29 is 47.8 Å². The average Bonchev–Trinajstić information content (AvgIpc) is 2.45. The molecular formula is C16H35NaO4S. The first-order valence-corrected chi connectivity index (χ1v) is 9.99. The molecule has 6 heteroatoms. The summed E-state index contributed by atoms with van der Waals surface area (Å²) in [6, 6.07) is 0. The summed E-state index contributed by atoms with van der Waals surface area (Å²) in [7, 11) is -3.77. The molecule has 0 aliphatic rings. The van der Waals surface area contributed by atoms with Crippen LogP contribution in [-0.4, -0.2) is 21.6 Å². The molecule has 0 aromatic carbocycles. The molecular weight excluding hydrogens is 311 g/mol. The Morgan fingerprint density at radius 1 is 0.636 bits per heavy atom. The maximum atomic E-state index is 11.4. The summed E-state index contributed by atoms with van der Waals surface area (Å²) in [5, 5.41) is 0. The summed E-state index contributed by atoms with van der Waals surface area (Å²) in [4.78, 5) is 0. The van der Waals surface area contributed by atoms with Crippen LogP contribution >= 0.6 is 0 Å². The zero-order chi connectivity index (χ0) is 15.8. The molecule has 0 bridgehead atoms. The van der Waals surface area contributed by atoms with Crippen molar-refractivity contribution in [1.29, 1.82) is 0 Å². The molecule has 4 nitrogen and oxygen atoms in total. The third kappa shape index (κ3) is 18.9. The molecule has 0 heterocycles. The SMILES string of the molecule is CCCCCCCCCCOS(=O)(=O)OCCCCCC.[H-].[Na+]. The predicted molar refractivity (Wildman–Crippen MR) is 88.7 cm³/mol. The van der Waals surface area contributed by atoms with Gasteiger partial charge in [0.1, 0.15) is 0 Å². The zero-order valence-electron chi connectivity index (χ0n) is 15.9. The van der Waals surface area contributed by atoms with Crippen molar-refractivity contribution in [2.45, 2.75) is 90.9 Å². The van der Waals surface area contributed by atoms with Crippen LogP contribution in [0.25, 0.3) is 0 Å². The summed E-state index contributed by atoms with van der Waals surface area (Å²) >= 11 is 0. The summed E-state index contributed by atoms with van der Waals surface area (Å²) in [5.41, 5.74) is 0. The molecule has 0 aromatic rings. The van der Waals surface area contributed by atoms with Gasteiger partial charge in [0.2, 0.25) is 0 Å². The topological polar surface area (TPSA) is 52.6 Å². The van der Waals surface area contributed by atoms with E-state index in [0.29, 0.717) is 0 Å². The van der Waals surface area contributed by atoms with E-state index in [0.717, 1.165) is 44.9 Å². The molecule has 0 aliphatic carbocycles. The first-order chi connectivity index (χ1) is 10.1. The molecule has 0 amide bonds. The third-order valence-corrected chi connectivity index (χ3v) is 4.36. The van der Waals surface area contributed by atoms with E-state index in [-0.39, 0.29) is 44.2 Å². The molecule has 0 radical (unpaired) electrons. The van der Waals surface area contributed by atoms with E-state index >= 15 is 0 Å². The number of hydrogen-bond acceptors (Lipinski definition) is 4. The van der Waals surface area contributed by atoms with Crippen molar-refractivity contribution in [1.82, 2.24) is 0 Å². The molecule has 0 unspecified atom stereocenters. The molecule has 0 aliphatic heterocycles. The quantitative estimate of drug-likeness (QED) is 0.317. The first kappa shape index (κ1) is 25.1. The van der Waals surface area contributed by atoms with Gasteiger partial charge in [-0.2, -0.15) is 8.42 Å². The van der Waals surface area contributed by atoms with Crippen LogP contribution in [0.2, 0.25) is 0 Å². The Kier molecular flexibility index (Phi) is 20.8. The van der Waals surface area contributed by atoms with Gasteiger partial charge in [-0.05, 0) is 12.8 Å². The molecule has 0 fully saturated rings. The van der Waals surface area contributed by atoms with Crippen molar-refractivity contribution in [3.05, 3.63) is 0 Å². The van der Waals surface area contributed by atoms with Crippen molar-refractivity contribution in [3.8, 4) is 0 Å². The molecule has 0 atom stereocenters. The van der Waals surface area contributed by atoms with Gasteiger partial charge in [0.05, 0.1) is 13.2 Å². The van der Waals surface area contributed by atoms with Crippen molar-refractivity contribution >= 4 is 10.4 Å². The van der Waals surface area contributed by atoms with Gasteiger partial charge in [-0.3, -0.25) is 0 Å². The van der Waals surface area contributed by atoms with Gasteiger partial charge in [-0.25, -0.2) is 8.37 Å². The number of hydrogen-bond donors (Lipinski definition) is 0. The van der Waals surface area contributed by atoms with Crippen LogP contribution in [0.5, 0.6) is 0 Å². The van der Waals surface area contributed by atoms with Gasteiger partial charge >= 0.3 is 40.0 Å². The van der Waals surface area contributed by atoms with E-state index < -0.39 is 10.4 Å². The summed E-state index contributed by atoms with van der Waals surface area (Å²) in [6.07, 6.45) is 13.4. The summed E-state index contributed by atoms with van der Waals surface area (Å²) < 4.78 is 32.5. The Morgan fingerprint density at radius 2 is 0.955 bits per heavy atom. The Bertz CT molecular complexity index is 313. The smallest absolute Gasteiger partial charge is 1.00 e. The van der Waals surface area contributed by atoms with E-state index in [1.807, 2.05) is 0 Å². The van der Waals surface area contributed by atoms with Crippen LogP contribution in [0.15, 0.2) is 0 Å². The third-order valence-electron chi connectivity index (χ3n) is 3.45. The second-order valence-electron chi connectivity index (χ2n) is 5.59. The normalized spacial score (nSPS) is 11.4. The predicted octanol–water partition coefficient (Wildman–Crippen LogP) is 2.10. The Labute approximate surface area is 161 Å². The first-order valence-electron chi connectivity index (χ1n) is 8.66. The van der Waals surface area contributed by atoms with E-state index in [1.54, 1.807) is 0 Å². The van der Waals surface area contributed by atoms with Gasteiger partial charge in [-0.1, -0.05) is 78.1 Å². The Hall–Kier alpha value is 0.870. The van der Waals surface area contributed by atoms with Crippen LogP contribution in [0.1, 0.15) is 92.3 Å². The van der Waals surface area contributed by atoms with Crippen molar-refractivity contribution in [3.63, 3.8) is 0 Å². The minimum Gasteiger partial charge on any atom is -1.00 e. The van der Waals surface area contributed by atoms with Crippen LogP contribution in [-0.2, 0) is 18.8 Å². The summed E-state index contributed by atoms with van der Waals surface area (Å²) in [5.74, 6) is 0. The molecule has 0 spiro atoms. The van der Waals surface area contributed by atoms with E-state index in [1.165, 1.54) is 32.1 Å². The largest absolute Gasteiger partial charge is 1.00 e. The standard InChI is InChI=1S/C16H34O4S.Na.H/c1-3-5-7-9-10-11-12-14-16-20-21(17,18)19-15-13-8-6-4-2;;/h3-16H2,1-2H3;;/q;+1;-1. The van der Waals surface area contributed by atoms with Gasteiger partial charge in [0, 0.05) is 0 Å². The van der Waals surface area contributed by atoms with Crippen molar-refractivity contribution in [2.24, 2.45) is 0 Å². The van der Waals surface area contributed by atoms with Crippen LogP contribution in [0.3, 0.4) is 0 Å². The Morgan fingerprint density at radius 3 is 1.36 bits per heavy atom. The molecule has 0 saturated carbocycles. The molecule has 0 aromatic heterocycles. The van der Waals surface area contributed by atoms with Gasteiger partial charge < -0.3 is 1.43 Å². The number of rotatable bonds is 16. The fourth-order valence-electron chi connectivity index (χ4n) is 2.12. The van der Waals surface area contributed by atoms with E-state index in [9.17, 15) is 8.42 Å². The molecule has 0 rings (SSSR count).